The van der Waals surface area contributed by atoms with Gasteiger partial charge < -0.3 is 9.84 Å². The zero-order valence-corrected chi connectivity index (χ0v) is 8.68. The van der Waals surface area contributed by atoms with Crippen LogP contribution >= 0.6 is 15.9 Å². The van der Waals surface area contributed by atoms with Crippen LogP contribution in [0.4, 0.5) is 0 Å². The second-order valence-corrected chi connectivity index (χ2v) is 3.30. The van der Waals surface area contributed by atoms with E-state index in [9.17, 15) is 4.79 Å². The van der Waals surface area contributed by atoms with E-state index in [0.717, 1.165) is 24.6 Å². The fourth-order valence-electron chi connectivity index (χ4n) is 0.737. The summed E-state index contributed by atoms with van der Waals surface area (Å²) >= 11 is 3.33. The van der Waals surface area contributed by atoms with Crippen molar-refractivity contribution in [1.29, 1.82) is 0 Å². The van der Waals surface area contributed by atoms with Crippen molar-refractivity contribution in [2.75, 3.05) is 18.5 Å². The Labute approximate surface area is 81.2 Å². The van der Waals surface area contributed by atoms with E-state index in [1.54, 1.807) is 0 Å². The van der Waals surface area contributed by atoms with Crippen LogP contribution in [-0.4, -0.2) is 29.6 Å². The standard InChI is InChI=1S/C8H15BrO3/c9-5-2-1-3-6-12-7-4-8(10)11/h1-7H2,(H,10,11). The van der Waals surface area contributed by atoms with Crippen LogP contribution in [0.2, 0.25) is 0 Å². The van der Waals surface area contributed by atoms with Gasteiger partial charge in [0.1, 0.15) is 0 Å². The minimum absolute atomic E-state index is 0.110. The number of halogens is 1. The molecular weight excluding hydrogens is 224 g/mol. The van der Waals surface area contributed by atoms with Crippen LogP contribution in [0.1, 0.15) is 25.7 Å². The van der Waals surface area contributed by atoms with Crippen molar-refractivity contribution in [3.8, 4) is 0 Å². The minimum Gasteiger partial charge on any atom is -0.481 e. The Morgan fingerprint density at radius 2 is 2.00 bits per heavy atom. The number of unbranched alkanes of at least 4 members (excludes halogenated alkanes) is 2. The first-order chi connectivity index (χ1) is 5.77. The summed E-state index contributed by atoms with van der Waals surface area (Å²) in [6.07, 6.45) is 3.42. The van der Waals surface area contributed by atoms with Crippen LogP contribution in [0.25, 0.3) is 0 Å². The monoisotopic (exact) mass is 238 g/mol. The minimum atomic E-state index is -0.796. The van der Waals surface area contributed by atoms with Crippen molar-refractivity contribution in [3.05, 3.63) is 0 Å². The molecule has 0 rings (SSSR count). The number of aliphatic carboxylic acids is 1. The summed E-state index contributed by atoms with van der Waals surface area (Å²) in [5.74, 6) is -0.796. The lowest BCUT2D eigenvalue weighted by atomic mass is 10.3. The molecule has 0 aromatic carbocycles. The molecule has 0 aliphatic carbocycles. The predicted molar refractivity (Wildman–Crippen MR) is 50.7 cm³/mol. The molecule has 0 saturated heterocycles. The maximum absolute atomic E-state index is 10.0. The largest absolute Gasteiger partial charge is 0.481 e. The number of hydrogen-bond acceptors (Lipinski definition) is 2. The van der Waals surface area contributed by atoms with Crippen LogP contribution in [0.3, 0.4) is 0 Å². The maximum Gasteiger partial charge on any atom is 0.305 e. The van der Waals surface area contributed by atoms with Crippen molar-refractivity contribution in [3.63, 3.8) is 0 Å². The van der Waals surface area contributed by atoms with Crippen LogP contribution < -0.4 is 0 Å². The van der Waals surface area contributed by atoms with Crippen molar-refractivity contribution >= 4 is 21.9 Å². The van der Waals surface area contributed by atoms with Crippen molar-refractivity contribution in [2.24, 2.45) is 0 Å². The molecule has 0 amide bonds. The number of rotatable bonds is 8. The number of ether oxygens (including phenoxy) is 1. The lowest BCUT2D eigenvalue weighted by molar-refractivity contribution is -0.138. The highest BCUT2D eigenvalue weighted by atomic mass is 79.9. The van der Waals surface area contributed by atoms with Gasteiger partial charge in [-0.25, -0.2) is 0 Å². The quantitative estimate of drug-likeness (QED) is 0.520. The summed E-state index contributed by atoms with van der Waals surface area (Å²) in [7, 11) is 0. The molecule has 0 bridgehead atoms. The molecule has 0 fully saturated rings. The summed E-state index contributed by atoms with van der Waals surface area (Å²) < 4.78 is 5.09. The second-order valence-electron chi connectivity index (χ2n) is 2.51. The molecule has 1 N–H and O–H groups in total. The normalized spacial score (nSPS) is 10.1. The van der Waals surface area contributed by atoms with Crippen LogP contribution in [0.15, 0.2) is 0 Å². The van der Waals surface area contributed by atoms with E-state index in [1.165, 1.54) is 0 Å². The van der Waals surface area contributed by atoms with E-state index in [4.69, 9.17) is 9.84 Å². The third kappa shape index (κ3) is 9.91. The van der Waals surface area contributed by atoms with Crippen molar-refractivity contribution in [2.45, 2.75) is 25.7 Å². The molecule has 0 radical (unpaired) electrons. The molecule has 0 aliphatic rings. The van der Waals surface area contributed by atoms with Gasteiger partial charge in [-0.3, -0.25) is 4.79 Å². The molecule has 0 aromatic rings. The molecule has 0 heterocycles. The van der Waals surface area contributed by atoms with Gasteiger partial charge in [0.15, 0.2) is 0 Å². The SMILES string of the molecule is O=C(O)CCOCCCCCBr. The van der Waals surface area contributed by atoms with E-state index >= 15 is 0 Å². The van der Waals surface area contributed by atoms with Gasteiger partial charge in [0.2, 0.25) is 0 Å². The Morgan fingerprint density at radius 3 is 2.58 bits per heavy atom. The maximum atomic E-state index is 10.0. The number of carboxylic acid groups (broad SMARTS) is 1. The van der Waals surface area contributed by atoms with Crippen molar-refractivity contribution < 1.29 is 14.6 Å². The molecule has 0 atom stereocenters. The van der Waals surface area contributed by atoms with Gasteiger partial charge in [0.25, 0.3) is 0 Å². The zero-order chi connectivity index (χ0) is 9.23. The van der Waals surface area contributed by atoms with Crippen molar-refractivity contribution in [1.82, 2.24) is 0 Å². The van der Waals surface area contributed by atoms with Gasteiger partial charge in [-0.2, -0.15) is 0 Å². The number of hydrogen-bond donors (Lipinski definition) is 1. The smallest absolute Gasteiger partial charge is 0.305 e. The molecule has 0 aliphatic heterocycles. The summed E-state index contributed by atoms with van der Waals surface area (Å²) in [6, 6.07) is 0. The fraction of sp³-hybridized carbons (Fsp3) is 0.875. The average molecular weight is 239 g/mol. The van der Waals surface area contributed by atoms with Crippen LogP contribution in [0.5, 0.6) is 0 Å². The molecular formula is C8H15BrO3. The van der Waals surface area contributed by atoms with Gasteiger partial charge >= 0.3 is 5.97 Å². The summed E-state index contributed by atoms with van der Waals surface area (Å²) in [4.78, 5) is 10.0. The van der Waals surface area contributed by atoms with Crippen LogP contribution in [-0.2, 0) is 9.53 Å². The van der Waals surface area contributed by atoms with E-state index in [-0.39, 0.29) is 6.42 Å². The molecule has 4 heteroatoms. The number of carbonyl (C=O) groups is 1. The number of alkyl halides is 1. The Morgan fingerprint density at radius 1 is 1.25 bits per heavy atom. The zero-order valence-electron chi connectivity index (χ0n) is 7.09. The molecule has 0 saturated carbocycles. The summed E-state index contributed by atoms with van der Waals surface area (Å²) in [5.41, 5.74) is 0. The second kappa shape index (κ2) is 9.00. The highest BCUT2D eigenvalue weighted by molar-refractivity contribution is 9.09. The number of carboxylic acids is 1. The molecule has 12 heavy (non-hydrogen) atoms. The third-order valence-electron chi connectivity index (χ3n) is 1.38. The van der Waals surface area contributed by atoms with Gasteiger partial charge in [-0.05, 0) is 12.8 Å². The lowest BCUT2D eigenvalue weighted by Crippen LogP contribution is -2.03. The van der Waals surface area contributed by atoms with E-state index in [1.807, 2.05) is 0 Å². The van der Waals surface area contributed by atoms with E-state index in [2.05, 4.69) is 15.9 Å². The molecule has 0 unspecified atom stereocenters. The van der Waals surface area contributed by atoms with Gasteiger partial charge in [-0.15, -0.1) is 0 Å². The fourth-order valence-corrected chi connectivity index (χ4v) is 1.13. The van der Waals surface area contributed by atoms with Gasteiger partial charge in [0, 0.05) is 11.9 Å². The molecule has 0 aromatic heterocycles. The highest BCUT2D eigenvalue weighted by Gasteiger charge is 1.95. The summed E-state index contributed by atoms with van der Waals surface area (Å²) in [6.45, 7) is 1.02. The molecule has 3 nitrogen and oxygen atoms in total. The first-order valence-corrected chi connectivity index (χ1v) is 5.25. The predicted octanol–water partition coefficient (Wildman–Crippen LogP) is 2.04. The van der Waals surface area contributed by atoms with Crippen LogP contribution in [0, 0.1) is 0 Å². The first-order valence-electron chi connectivity index (χ1n) is 4.13. The Kier molecular flexibility index (Phi) is 8.93. The topological polar surface area (TPSA) is 46.5 Å². The van der Waals surface area contributed by atoms with E-state index in [0.29, 0.717) is 13.2 Å². The van der Waals surface area contributed by atoms with E-state index < -0.39 is 5.97 Å². The Bertz CT molecular complexity index is 117. The lowest BCUT2D eigenvalue weighted by Gasteiger charge is -2.00. The average Bonchev–Trinajstić information content (AvgIpc) is 2.02. The highest BCUT2D eigenvalue weighted by Crippen LogP contribution is 1.98. The molecule has 0 spiro atoms. The van der Waals surface area contributed by atoms with Gasteiger partial charge in [-0.1, -0.05) is 22.4 Å². The Balaban J connectivity index is 2.86. The van der Waals surface area contributed by atoms with Gasteiger partial charge in [0.05, 0.1) is 13.0 Å². The summed E-state index contributed by atoms with van der Waals surface area (Å²) in [5, 5.41) is 9.30. The molecule has 72 valence electrons. The Hall–Kier alpha value is -0.0900. The third-order valence-corrected chi connectivity index (χ3v) is 1.94. The first kappa shape index (κ1) is 11.9.